The van der Waals surface area contributed by atoms with Crippen molar-refractivity contribution in [3.05, 3.63) is 126 Å². The molecule has 0 fully saturated rings. The quantitative estimate of drug-likeness (QED) is 0.244. The fourth-order valence-electron chi connectivity index (χ4n) is 3.04. The number of nitrogens with one attached hydrogen (secondary N) is 1. The van der Waals surface area contributed by atoms with Crippen LogP contribution >= 0.6 is 11.6 Å². The molecule has 1 N–H and O–H groups in total. The summed E-state index contributed by atoms with van der Waals surface area (Å²) in [5, 5.41) is 3.66. The molecule has 0 spiro atoms. The summed E-state index contributed by atoms with van der Waals surface area (Å²) < 4.78 is 5.77. The third-order valence-electron chi connectivity index (χ3n) is 4.68. The van der Waals surface area contributed by atoms with Gasteiger partial charge in [-0.2, -0.15) is 0 Å². The number of ether oxygens (including phenoxy) is 1. The van der Waals surface area contributed by atoms with Gasteiger partial charge in [0.15, 0.2) is 5.78 Å². The molecule has 0 aromatic heterocycles. The van der Waals surface area contributed by atoms with Crippen LogP contribution in [0.1, 0.15) is 10.4 Å². The number of para-hydroxylation sites is 1. The molecule has 0 saturated heterocycles. The minimum Gasteiger partial charge on any atom is -0.456 e. The van der Waals surface area contributed by atoms with Crippen molar-refractivity contribution in [2.45, 2.75) is 0 Å². The average Bonchev–Trinajstić information content (AvgIpc) is 2.82. The molecule has 0 bridgehead atoms. The SMILES string of the molecule is O=C(C=CNc1ccc(Oc2ccccc2Cl)cc1)c1ccc(-c2ccccc2)cc1. The summed E-state index contributed by atoms with van der Waals surface area (Å²) in [6.07, 6.45) is 3.16. The molecule has 0 unspecified atom stereocenters. The molecule has 0 amide bonds. The normalized spacial score (nSPS) is 10.7. The molecule has 0 heterocycles. The van der Waals surface area contributed by atoms with Gasteiger partial charge in [-0.15, -0.1) is 0 Å². The van der Waals surface area contributed by atoms with Crippen molar-refractivity contribution in [2.75, 3.05) is 5.32 Å². The summed E-state index contributed by atoms with van der Waals surface area (Å²) in [5.41, 5.74) is 3.69. The number of allylic oxidation sites excluding steroid dienone is 1. The lowest BCUT2D eigenvalue weighted by Gasteiger charge is -2.08. The van der Waals surface area contributed by atoms with E-state index in [1.54, 1.807) is 12.3 Å². The predicted octanol–water partition coefficient (Wildman–Crippen LogP) is 7.61. The van der Waals surface area contributed by atoms with Crippen LogP contribution in [0.15, 0.2) is 115 Å². The van der Waals surface area contributed by atoms with Crippen LogP contribution in [0.4, 0.5) is 5.69 Å². The second-order valence-corrected chi connectivity index (χ2v) is 7.25. The van der Waals surface area contributed by atoms with Gasteiger partial charge in [-0.3, -0.25) is 4.79 Å². The van der Waals surface area contributed by atoms with Crippen LogP contribution in [0, 0.1) is 0 Å². The van der Waals surface area contributed by atoms with Crippen molar-refractivity contribution >= 4 is 23.1 Å². The minimum atomic E-state index is -0.0641. The van der Waals surface area contributed by atoms with E-state index < -0.39 is 0 Å². The Balaban J connectivity index is 1.34. The molecule has 0 radical (unpaired) electrons. The van der Waals surface area contributed by atoms with Crippen LogP contribution in [0.2, 0.25) is 5.02 Å². The summed E-state index contributed by atoms with van der Waals surface area (Å²) in [7, 11) is 0. The Labute approximate surface area is 186 Å². The monoisotopic (exact) mass is 425 g/mol. The fourth-order valence-corrected chi connectivity index (χ4v) is 3.22. The zero-order chi connectivity index (χ0) is 21.5. The maximum Gasteiger partial charge on any atom is 0.187 e. The van der Waals surface area contributed by atoms with Gasteiger partial charge < -0.3 is 10.1 Å². The summed E-state index contributed by atoms with van der Waals surface area (Å²) in [4.78, 5) is 12.4. The number of carbonyl (C=O) groups excluding carboxylic acids is 1. The van der Waals surface area contributed by atoms with Crippen molar-refractivity contribution in [3.8, 4) is 22.6 Å². The number of hydrogen-bond acceptors (Lipinski definition) is 3. The Bertz CT molecular complexity index is 1180. The van der Waals surface area contributed by atoms with Gasteiger partial charge in [0, 0.05) is 23.5 Å². The highest BCUT2D eigenvalue weighted by molar-refractivity contribution is 6.32. The van der Waals surface area contributed by atoms with Gasteiger partial charge in [0.25, 0.3) is 0 Å². The lowest BCUT2D eigenvalue weighted by molar-refractivity contribution is 0.104. The Hall–Kier alpha value is -3.82. The first-order valence-corrected chi connectivity index (χ1v) is 10.2. The van der Waals surface area contributed by atoms with E-state index in [9.17, 15) is 4.79 Å². The second kappa shape index (κ2) is 9.79. The van der Waals surface area contributed by atoms with E-state index in [1.165, 1.54) is 6.08 Å². The molecule has 31 heavy (non-hydrogen) atoms. The predicted molar refractivity (Wildman–Crippen MR) is 127 cm³/mol. The van der Waals surface area contributed by atoms with Crippen LogP contribution in [0.25, 0.3) is 11.1 Å². The van der Waals surface area contributed by atoms with Crippen molar-refractivity contribution in [1.29, 1.82) is 0 Å². The number of anilines is 1. The third kappa shape index (κ3) is 5.41. The standard InChI is InChI=1S/C27H20ClNO2/c28-25-8-4-5-9-27(25)31-24-16-14-23(15-17-24)29-19-18-26(30)22-12-10-21(11-13-22)20-6-2-1-3-7-20/h1-19,29H. The molecule has 4 heteroatoms. The summed E-state index contributed by atoms with van der Waals surface area (Å²) in [5.74, 6) is 1.22. The maximum atomic E-state index is 12.4. The number of halogens is 1. The number of carbonyl (C=O) groups is 1. The molecule has 0 aliphatic rings. The van der Waals surface area contributed by atoms with E-state index in [-0.39, 0.29) is 5.78 Å². The van der Waals surface area contributed by atoms with Gasteiger partial charge in [-0.05, 0) is 47.5 Å². The molecule has 0 atom stereocenters. The van der Waals surface area contributed by atoms with Crippen LogP contribution < -0.4 is 10.1 Å². The van der Waals surface area contributed by atoms with Crippen molar-refractivity contribution in [1.82, 2.24) is 0 Å². The third-order valence-corrected chi connectivity index (χ3v) is 4.99. The topological polar surface area (TPSA) is 38.3 Å². The fraction of sp³-hybridized carbons (Fsp3) is 0. The van der Waals surface area contributed by atoms with Gasteiger partial charge in [0.05, 0.1) is 5.02 Å². The van der Waals surface area contributed by atoms with Gasteiger partial charge in [-0.25, -0.2) is 0 Å². The zero-order valence-electron chi connectivity index (χ0n) is 16.7. The number of ketones is 1. The molecular weight excluding hydrogens is 406 g/mol. The molecule has 4 aromatic rings. The minimum absolute atomic E-state index is 0.0641. The zero-order valence-corrected chi connectivity index (χ0v) is 17.4. The van der Waals surface area contributed by atoms with Gasteiger partial charge >= 0.3 is 0 Å². The lowest BCUT2D eigenvalue weighted by atomic mass is 10.0. The first-order valence-electron chi connectivity index (χ1n) is 9.84. The van der Waals surface area contributed by atoms with Crippen molar-refractivity contribution in [3.63, 3.8) is 0 Å². The smallest absolute Gasteiger partial charge is 0.187 e. The summed E-state index contributed by atoms with van der Waals surface area (Å²) in [6.45, 7) is 0. The molecule has 0 saturated carbocycles. The summed E-state index contributed by atoms with van der Waals surface area (Å²) >= 11 is 6.12. The number of hydrogen-bond donors (Lipinski definition) is 1. The van der Waals surface area contributed by atoms with Gasteiger partial charge in [0.2, 0.25) is 0 Å². The Morgan fingerprint density at radius 1 is 0.742 bits per heavy atom. The Morgan fingerprint density at radius 2 is 1.39 bits per heavy atom. The molecular formula is C27H20ClNO2. The molecule has 4 rings (SSSR count). The van der Waals surface area contributed by atoms with E-state index in [1.807, 2.05) is 97.1 Å². The number of rotatable bonds is 7. The Morgan fingerprint density at radius 3 is 2.10 bits per heavy atom. The first-order chi connectivity index (χ1) is 15.2. The second-order valence-electron chi connectivity index (χ2n) is 6.84. The van der Waals surface area contributed by atoms with Crippen molar-refractivity contribution in [2.24, 2.45) is 0 Å². The van der Waals surface area contributed by atoms with Gasteiger partial charge in [-0.1, -0.05) is 78.3 Å². The highest BCUT2D eigenvalue weighted by Crippen LogP contribution is 2.29. The highest BCUT2D eigenvalue weighted by Gasteiger charge is 2.04. The van der Waals surface area contributed by atoms with Gasteiger partial charge in [0.1, 0.15) is 11.5 Å². The lowest BCUT2D eigenvalue weighted by Crippen LogP contribution is -1.96. The van der Waals surface area contributed by atoms with E-state index in [2.05, 4.69) is 5.32 Å². The molecule has 3 nitrogen and oxygen atoms in total. The number of benzene rings is 4. The first kappa shape index (κ1) is 20.5. The molecule has 4 aromatic carbocycles. The van der Waals surface area contributed by atoms with E-state index in [0.29, 0.717) is 22.1 Å². The Kier molecular flexibility index (Phi) is 6.46. The molecule has 152 valence electrons. The van der Waals surface area contributed by atoms with E-state index >= 15 is 0 Å². The van der Waals surface area contributed by atoms with E-state index in [0.717, 1.165) is 16.8 Å². The molecule has 0 aliphatic heterocycles. The van der Waals surface area contributed by atoms with Crippen LogP contribution in [0.3, 0.4) is 0 Å². The van der Waals surface area contributed by atoms with Crippen LogP contribution in [-0.4, -0.2) is 5.78 Å². The highest BCUT2D eigenvalue weighted by atomic mass is 35.5. The average molecular weight is 426 g/mol. The largest absolute Gasteiger partial charge is 0.456 e. The maximum absolute atomic E-state index is 12.4. The van der Waals surface area contributed by atoms with Crippen LogP contribution in [0.5, 0.6) is 11.5 Å². The van der Waals surface area contributed by atoms with E-state index in [4.69, 9.17) is 16.3 Å². The molecule has 0 aliphatic carbocycles. The van der Waals surface area contributed by atoms with Crippen LogP contribution in [-0.2, 0) is 0 Å². The van der Waals surface area contributed by atoms with Crippen molar-refractivity contribution < 1.29 is 9.53 Å². The summed E-state index contributed by atoms with van der Waals surface area (Å²) in [6, 6.07) is 32.4.